The van der Waals surface area contributed by atoms with Gasteiger partial charge in [0.1, 0.15) is 0 Å². The van der Waals surface area contributed by atoms with E-state index in [4.69, 9.17) is 5.11 Å². The first kappa shape index (κ1) is 9.31. The Morgan fingerprint density at radius 3 is 2.22 bits per heavy atom. The first-order chi connectivity index (χ1) is 4.35. The van der Waals surface area contributed by atoms with E-state index in [9.17, 15) is 0 Å². The lowest BCUT2D eigenvalue weighted by atomic mass is 10.3. The molecule has 0 rings (SSSR count). The van der Waals surface area contributed by atoms with Crippen molar-refractivity contribution in [3.63, 3.8) is 0 Å². The maximum Gasteiger partial charge on any atom is 0.0521 e. The van der Waals surface area contributed by atoms with Gasteiger partial charge in [-0.3, -0.25) is 0 Å². The zero-order valence-corrected chi connectivity index (χ0v) is 7.08. The van der Waals surface area contributed by atoms with Gasteiger partial charge in [-0.15, -0.1) is 0 Å². The molecule has 0 aliphatic rings. The largest absolute Gasteiger partial charge is 0.396 e. The van der Waals surface area contributed by atoms with Gasteiger partial charge in [-0.05, 0) is 12.8 Å². The molecule has 56 valence electrons. The van der Waals surface area contributed by atoms with Gasteiger partial charge in [0, 0.05) is 11.0 Å². The summed E-state index contributed by atoms with van der Waals surface area (Å²) in [6, 6.07) is 0. The lowest BCUT2D eigenvalue weighted by molar-refractivity contribution is 0.322. The fourth-order valence-corrected chi connectivity index (χ4v) is 1.65. The van der Waals surface area contributed by atoms with Crippen LogP contribution in [-0.4, -0.2) is 22.7 Å². The Morgan fingerprint density at radius 1 is 1.33 bits per heavy atom. The van der Waals surface area contributed by atoms with E-state index >= 15 is 0 Å². The predicted octanol–water partition coefficient (Wildman–Crippen LogP) is 1.90. The molecule has 1 N–H and O–H groups in total. The van der Waals surface area contributed by atoms with Crippen LogP contribution in [-0.2, 0) is 0 Å². The molecule has 0 saturated carbocycles. The van der Waals surface area contributed by atoms with Crippen molar-refractivity contribution in [1.29, 1.82) is 0 Å². The number of hydrogen-bond donors (Lipinski definition) is 1. The van der Waals surface area contributed by atoms with E-state index in [-0.39, 0.29) is 0 Å². The summed E-state index contributed by atoms with van der Waals surface area (Å²) in [5, 5.41) is 9.25. The summed E-state index contributed by atoms with van der Waals surface area (Å²) in [5.74, 6) is 0.895. The molecule has 0 heterocycles. The third kappa shape index (κ3) is 4.79. The van der Waals surface area contributed by atoms with Crippen molar-refractivity contribution < 1.29 is 5.11 Å². The van der Waals surface area contributed by atoms with E-state index in [0.717, 1.165) is 11.0 Å². The summed E-state index contributed by atoms with van der Waals surface area (Å²) < 4.78 is 0. The highest BCUT2D eigenvalue weighted by atomic mass is 32.2. The van der Waals surface area contributed by atoms with Gasteiger partial charge in [-0.1, -0.05) is 13.8 Å². The van der Waals surface area contributed by atoms with Crippen molar-refractivity contribution >= 4 is 11.8 Å². The van der Waals surface area contributed by atoms with E-state index in [0.29, 0.717) is 6.61 Å². The van der Waals surface area contributed by atoms with Crippen LogP contribution < -0.4 is 0 Å². The van der Waals surface area contributed by atoms with Crippen molar-refractivity contribution in [3.8, 4) is 0 Å². The van der Waals surface area contributed by atoms with Crippen LogP contribution in [0.25, 0.3) is 0 Å². The minimum Gasteiger partial charge on any atom is -0.396 e. The van der Waals surface area contributed by atoms with Crippen LogP contribution in [0.5, 0.6) is 0 Å². The number of rotatable bonds is 5. The highest BCUT2D eigenvalue weighted by molar-refractivity contribution is 7.99. The molecule has 0 aliphatic carbocycles. The fraction of sp³-hybridized carbons (Fsp3) is 1.00. The molecule has 0 radical (unpaired) electrons. The van der Waals surface area contributed by atoms with Crippen LogP contribution in [0.15, 0.2) is 0 Å². The molecule has 0 aromatic rings. The smallest absolute Gasteiger partial charge is 0.0521 e. The molecule has 0 amide bonds. The van der Waals surface area contributed by atoms with Crippen molar-refractivity contribution in [2.75, 3.05) is 12.4 Å². The van der Waals surface area contributed by atoms with Crippen molar-refractivity contribution in [2.45, 2.75) is 31.9 Å². The zero-order chi connectivity index (χ0) is 7.11. The SMILES string of the molecule is CCC(CC)SCCO. The molecular weight excluding hydrogens is 132 g/mol. The summed E-state index contributed by atoms with van der Waals surface area (Å²) in [4.78, 5) is 0. The van der Waals surface area contributed by atoms with Crippen molar-refractivity contribution in [2.24, 2.45) is 0 Å². The molecule has 0 aromatic heterocycles. The van der Waals surface area contributed by atoms with E-state index in [1.165, 1.54) is 12.8 Å². The van der Waals surface area contributed by atoms with Gasteiger partial charge >= 0.3 is 0 Å². The first-order valence-electron chi connectivity index (χ1n) is 3.57. The molecule has 0 saturated heterocycles. The Hall–Kier alpha value is 0.310. The Balaban J connectivity index is 3.09. The monoisotopic (exact) mass is 148 g/mol. The molecular formula is C7H16OS. The maximum atomic E-state index is 8.49. The second-order valence-electron chi connectivity index (χ2n) is 2.03. The van der Waals surface area contributed by atoms with E-state index in [2.05, 4.69) is 13.8 Å². The maximum absolute atomic E-state index is 8.49. The molecule has 9 heavy (non-hydrogen) atoms. The van der Waals surface area contributed by atoms with Crippen molar-refractivity contribution in [3.05, 3.63) is 0 Å². The van der Waals surface area contributed by atoms with Gasteiger partial charge < -0.3 is 5.11 Å². The van der Waals surface area contributed by atoms with Crippen LogP contribution in [0, 0.1) is 0 Å². The van der Waals surface area contributed by atoms with Gasteiger partial charge in [0.15, 0.2) is 0 Å². The molecule has 0 unspecified atom stereocenters. The standard InChI is InChI=1S/C7H16OS/c1-3-7(4-2)9-6-5-8/h7-8H,3-6H2,1-2H3. The third-order valence-corrected chi connectivity index (χ3v) is 2.91. The first-order valence-corrected chi connectivity index (χ1v) is 4.62. The van der Waals surface area contributed by atoms with E-state index < -0.39 is 0 Å². The third-order valence-electron chi connectivity index (χ3n) is 1.36. The van der Waals surface area contributed by atoms with Gasteiger partial charge in [0.2, 0.25) is 0 Å². The second kappa shape index (κ2) is 6.43. The molecule has 0 aromatic carbocycles. The summed E-state index contributed by atoms with van der Waals surface area (Å²) in [5.41, 5.74) is 0. The quantitative estimate of drug-likeness (QED) is 0.642. The topological polar surface area (TPSA) is 20.2 Å². The molecule has 1 nitrogen and oxygen atoms in total. The van der Waals surface area contributed by atoms with Crippen LogP contribution in [0.2, 0.25) is 0 Å². The minimum atomic E-state index is 0.321. The molecule has 0 aliphatic heterocycles. The lowest BCUT2D eigenvalue weighted by Crippen LogP contribution is -2.00. The number of aliphatic hydroxyl groups is 1. The summed E-state index contributed by atoms with van der Waals surface area (Å²) in [6.07, 6.45) is 2.45. The van der Waals surface area contributed by atoms with Crippen LogP contribution in [0.1, 0.15) is 26.7 Å². The Kier molecular flexibility index (Phi) is 6.65. The van der Waals surface area contributed by atoms with Crippen LogP contribution in [0.4, 0.5) is 0 Å². The molecule has 2 heteroatoms. The lowest BCUT2D eigenvalue weighted by Gasteiger charge is -2.09. The van der Waals surface area contributed by atoms with E-state index in [1.807, 2.05) is 11.8 Å². The second-order valence-corrected chi connectivity index (χ2v) is 3.44. The number of aliphatic hydroxyl groups excluding tert-OH is 1. The molecule has 0 atom stereocenters. The summed E-state index contributed by atoms with van der Waals surface area (Å²) in [7, 11) is 0. The van der Waals surface area contributed by atoms with Gasteiger partial charge in [-0.25, -0.2) is 0 Å². The van der Waals surface area contributed by atoms with Crippen LogP contribution >= 0.6 is 11.8 Å². The average Bonchev–Trinajstić information content (AvgIpc) is 1.91. The van der Waals surface area contributed by atoms with Crippen molar-refractivity contribution in [1.82, 2.24) is 0 Å². The zero-order valence-electron chi connectivity index (χ0n) is 6.26. The van der Waals surface area contributed by atoms with Gasteiger partial charge in [0.25, 0.3) is 0 Å². The molecule has 0 spiro atoms. The number of thioether (sulfide) groups is 1. The predicted molar refractivity (Wildman–Crippen MR) is 43.9 cm³/mol. The highest BCUT2D eigenvalue weighted by Crippen LogP contribution is 2.16. The Bertz CT molecular complexity index is 52.9. The minimum absolute atomic E-state index is 0.321. The Morgan fingerprint density at radius 2 is 1.89 bits per heavy atom. The number of hydrogen-bond acceptors (Lipinski definition) is 2. The average molecular weight is 148 g/mol. The van der Waals surface area contributed by atoms with Gasteiger partial charge in [-0.2, -0.15) is 11.8 Å². The summed E-state index contributed by atoms with van der Waals surface area (Å²) in [6.45, 7) is 4.71. The normalized spacial score (nSPS) is 10.7. The van der Waals surface area contributed by atoms with Crippen LogP contribution in [0.3, 0.4) is 0 Å². The van der Waals surface area contributed by atoms with E-state index in [1.54, 1.807) is 0 Å². The highest BCUT2D eigenvalue weighted by Gasteiger charge is 2.00. The molecule has 0 bridgehead atoms. The summed E-state index contributed by atoms with van der Waals surface area (Å²) >= 11 is 1.87. The van der Waals surface area contributed by atoms with Gasteiger partial charge in [0.05, 0.1) is 6.61 Å². The fourth-order valence-electron chi connectivity index (χ4n) is 0.744. The Labute approximate surface area is 61.8 Å². The molecule has 0 fully saturated rings.